The van der Waals surface area contributed by atoms with Gasteiger partial charge in [-0.1, -0.05) is 12.1 Å². The zero-order chi connectivity index (χ0) is 14.8. The zero-order valence-corrected chi connectivity index (χ0v) is 11.0. The first-order valence-electron chi connectivity index (χ1n) is 5.93. The van der Waals surface area contributed by atoms with Crippen LogP contribution in [0.15, 0.2) is 30.5 Å². The number of nitrogens with zero attached hydrogens (tertiary/aromatic N) is 2. The summed E-state index contributed by atoms with van der Waals surface area (Å²) in [4.78, 5) is 0. The van der Waals surface area contributed by atoms with Crippen LogP contribution >= 0.6 is 0 Å². The molecule has 2 aromatic rings. The smallest absolute Gasteiger partial charge is 0.404 e. The number of aryl methyl sites for hydroxylation is 1. The number of ether oxygens (including phenoxy) is 1. The fourth-order valence-electron chi connectivity index (χ4n) is 1.73. The van der Waals surface area contributed by atoms with Gasteiger partial charge in [0.05, 0.1) is 11.9 Å². The van der Waals surface area contributed by atoms with Crippen molar-refractivity contribution in [3.63, 3.8) is 0 Å². The minimum Gasteiger partial charge on any atom is -0.404 e. The molecule has 4 nitrogen and oxygen atoms in total. The number of alkyl halides is 3. The fourth-order valence-corrected chi connectivity index (χ4v) is 1.73. The van der Waals surface area contributed by atoms with Crippen LogP contribution in [0.25, 0.3) is 0 Å². The summed E-state index contributed by atoms with van der Waals surface area (Å²) in [5, 5.41) is 7.00. The molecular weight excluding hydrogens is 271 g/mol. The second-order valence-electron chi connectivity index (χ2n) is 4.28. The van der Waals surface area contributed by atoms with Gasteiger partial charge in [0.25, 0.3) is 0 Å². The Hall–Kier alpha value is -2.18. The highest BCUT2D eigenvalue weighted by Crippen LogP contribution is 2.30. The Morgan fingerprint density at radius 3 is 2.60 bits per heavy atom. The first-order chi connectivity index (χ1) is 9.37. The second-order valence-corrected chi connectivity index (χ2v) is 4.28. The molecule has 108 valence electrons. The Kier molecular flexibility index (Phi) is 3.87. The maximum atomic E-state index is 12.3. The molecule has 7 heteroatoms. The van der Waals surface area contributed by atoms with Gasteiger partial charge < -0.3 is 10.1 Å². The van der Waals surface area contributed by atoms with Gasteiger partial charge in [-0.25, -0.2) is 0 Å². The number of anilines is 1. The topological polar surface area (TPSA) is 39.1 Å². The number of aromatic nitrogens is 2. The number of hydrogen-bond acceptors (Lipinski definition) is 3. The third-order valence-electron chi connectivity index (χ3n) is 2.92. The van der Waals surface area contributed by atoms with Gasteiger partial charge in [0, 0.05) is 24.8 Å². The Balaban J connectivity index is 2.12. The molecule has 0 fully saturated rings. The number of rotatable bonds is 4. The van der Waals surface area contributed by atoms with Crippen molar-refractivity contribution < 1.29 is 17.9 Å². The van der Waals surface area contributed by atoms with Crippen LogP contribution in [-0.4, -0.2) is 16.1 Å². The average Bonchev–Trinajstić information content (AvgIpc) is 2.67. The highest BCUT2D eigenvalue weighted by molar-refractivity contribution is 5.56. The zero-order valence-electron chi connectivity index (χ0n) is 11.0. The van der Waals surface area contributed by atoms with E-state index in [9.17, 15) is 13.2 Å². The lowest BCUT2D eigenvalue weighted by Gasteiger charge is -2.14. The maximum absolute atomic E-state index is 12.3. The monoisotopic (exact) mass is 285 g/mol. The molecule has 0 saturated carbocycles. The van der Waals surface area contributed by atoms with E-state index in [1.54, 1.807) is 24.0 Å². The molecule has 0 atom stereocenters. The highest BCUT2D eigenvalue weighted by Gasteiger charge is 2.32. The van der Waals surface area contributed by atoms with Crippen molar-refractivity contribution in [2.75, 3.05) is 5.32 Å². The number of para-hydroxylation sites is 2. The van der Waals surface area contributed by atoms with Crippen LogP contribution in [0.5, 0.6) is 5.75 Å². The van der Waals surface area contributed by atoms with E-state index in [4.69, 9.17) is 0 Å². The van der Waals surface area contributed by atoms with Gasteiger partial charge in [0.2, 0.25) is 0 Å². The molecular formula is C13H14F3N3O. The largest absolute Gasteiger partial charge is 0.573 e. The summed E-state index contributed by atoms with van der Waals surface area (Å²) in [5.41, 5.74) is 2.15. The van der Waals surface area contributed by atoms with Crippen LogP contribution < -0.4 is 10.1 Å². The lowest BCUT2D eigenvalue weighted by molar-refractivity contribution is -0.274. The molecule has 0 unspecified atom stereocenters. The number of hydrogen-bond donors (Lipinski definition) is 1. The summed E-state index contributed by atoms with van der Waals surface area (Å²) in [6.07, 6.45) is -3.03. The van der Waals surface area contributed by atoms with Gasteiger partial charge in [-0.2, -0.15) is 5.10 Å². The van der Waals surface area contributed by atoms with Crippen LogP contribution in [0.2, 0.25) is 0 Å². The van der Waals surface area contributed by atoms with E-state index in [1.165, 1.54) is 18.2 Å². The van der Waals surface area contributed by atoms with Crippen molar-refractivity contribution >= 4 is 5.69 Å². The van der Waals surface area contributed by atoms with Crippen LogP contribution in [-0.2, 0) is 13.6 Å². The molecule has 0 aliphatic carbocycles. The third kappa shape index (κ3) is 3.43. The van der Waals surface area contributed by atoms with Crippen molar-refractivity contribution in [3.8, 4) is 5.75 Å². The number of halogens is 3. The van der Waals surface area contributed by atoms with E-state index in [1.807, 2.05) is 6.92 Å². The Labute approximate surface area is 114 Å². The minimum atomic E-state index is -4.71. The summed E-state index contributed by atoms with van der Waals surface area (Å²) in [6.45, 7) is 2.26. The van der Waals surface area contributed by atoms with Crippen LogP contribution in [0, 0.1) is 6.92 Å². The normalized spacial score (nSPS) is 11.4. The average molecular weight is 285 g/mol. The lowest BCUT2D eigenvalue weighted by Crippen LogP contribution is -2.18. The van der Waals surface area contributed by atoms with Gasteiger partial charge in [0.1, 0.15) is 0 Å². The molecule has 0 spiro atoms. The SMILES string of the molecule is Cc1c(CNc2ccccc2OC(F)(F)F)cnn1C. The summed E-state index contributed by atoms with van der Waals surface area (Å²) in [5.74, 6) is -0.249. The Morgan fingerprint density at radius 2 is 2.00 bits per heavy atom. The van der Waals surface area contributed by atoms with Gasteiger partial charge in [-0.15, -0.1) is 13.2 Å². The molecule has 0 aliphatic rings. The summed E-state index contributed by atoms with van der Waals surface area (Å²) < 4.78 is 42.5. The number of nitrogens with one attached hydrogen (secondary N) is 1. The Morgan fingerprint density at radius 1 is 1.30 bits per heavy atom. The number of benzene rings is 1. The van der Waals surface area contributed by atoms with Gasteiger partial charge in [-0.05, 0) is 19.1 Å². The van der Waals surface area contributed by atoms with E-state index in [2.05, 4.69) is 15.2 Å². The van der Waals surface area contributed by atoms with E-state index >= 15 is 0 Å². The molecule has 0 saturated heterocycles. The predicted octanol–water partition coefficient (Wildman–Crippen LogP) is 3.24. The molecule has 0 radical (unpaired) electrons. The molecule has 20 heavy (non-hydrogen) atoms. The molecule has 0 aliphatic heterocycles. The molecule has 0 amide bonds. The molecule has 1 aromatic heterocycles. The van der Waals surface area contributed by atoms with Gasteiger partial charge in [-0.3, -0.25) is 4.68 Å². The lowest BCUT2D eigenvalue weighted by atomic mass is 10.2. The summed E-state index contributed by atoms with van der Waals surface area (Å²) >= 11 is 0. The van der Waals surface area contributed by atoms with E-state index in [0.717, 1.165) is 11.3 Å². The molecule has 1 N–H and O–H groups in total. The van der Waals surface area contributed by atoms with E-state index in [0.29, 0.717) is 6.54 Å². The van der Waals surface area contributed by atoms with Crippen LogP contribution in [0.4, 0.5) is 18.9 Å². The molecule has 1 heterocycles. The third-order valence-corrected chi connectivity index (χ3v) is 2.92. The Bertz CT molecular complexity index is 593. The van der Waals surface area contributed by atoms with Crippen LogP contribution in [0.1, 0.15) is 11.3 Å². The van der Waals surface area contributed by atoms with Crippen molar-refractivity contribution in [3.05, 3.63) is 41.7 Å². The van der Waals surface area contributed by atoms with Gasteiger partial charge >= 0.3 is 6.36 Å². The molecule has 2 rings (SSSR count). The highest BCUT2D eigenvalue weighted by atomic mass is 19.4. The van der Waals surface area contributed by atoms with Crippen molar-refractivity contribution in [1.29, 1.82) is 0 Å². The summed E-state index contributed by atoms with van der Waals surface area (Å²) in [7, 11) is 1.81. The van der Waals surface area contributed by atoms with Crippen molar-refractivity contribution in [2.24, 2.45) is 7.05 Å². The predicted molar refractivity (Wildman–Crippen MR) is 68.4 cm³/mol. The van der Waals surface area contributed by atoms with Crippen molar-refractivity contribution in [2.45, 2.75) is 19.8 Å². The fraction of sp³-hybridized carbons (Fsp3) is 0.308. The molecule has 0 bridgehead atoms. The van der Waals surface area contributed by atoms with E-state index < -0.39 is 6.36 Å². The van der Waals surface area contributed by atoms with E-state index in [-0.39, 0.29) is 11.4 Å². The van der Waals surface area contributed by atoms with Gasteiger partial charge in [0.15, 0.2) is 5.75 Å². The first-order valence-corrected chi connectivity index (χ1v) is 5.93. The second kappa shape index (κ2) is 5.44. The maximum Gasteiger partial charge on any atom is 0.573 e. The first kappa shape index (κ1) is 14.2. The minimum absolute atomic E-state index is 0.249. The van der Waals surface area contributed by atoms with Crippen LogP contribution in [0.3, 0.4) is 0 Å². The standard InChI is InChI=1S/C13H14F3N3O/c1-9-10(8-18-19(9)2)7-17-11-5-3-4-6-12(11)20-13(14,15)16/h3-6,8,17H,7H2,1-2H3. The summed E-state index contributed by atoms with van der Waals surface area (Å²) in [6, 6.07) is 5.93. The quantitative estimate of drug-likeness (QED) is 0.937. The molecule has 1 aromatic carbocycles. The van der Waals surface area contributed by atoms with Crippen molar-refractivity contribution in [1.82, 2.24) is 9.78 Å².